The highest BCUT2D eigenvalue weighted by molar-refractivity contribution is 5.96. The molecule has 2 amide bonds. The number of carbonyl (C=O) groups excluding carboxylic acids is 2. The summed E-state index contributed by atoms with van der Waals surface area (Å²) >= 11 is 0. The molecule has 0 fully saturated rings. The van der Waals surface area contributed by atoms with Gasteiger partial charge in [0.15, 0.2) is 11.5 Å². The molecule has 0 aliphatic carbocycles. The molecule has 0 radical (unpaired) electrons. The normalized spacial score (nSPS) is 12.3. The van der Waals surface area contributed by atoms with E-state index < -0.39 is 5.91 Å². The minimum absolute atomic E-state index is 0.246. The lowest BCUT2D eigenvalue weighted by atomic mass is 10.1. The van der Waals surface area contributed by atoms with Crippen LogP contribution < -0.4 is 20.3 Å². The van der Waals surface area contributed by atoms with Crippen LogP contribution in [0.4, 0.5) is 0 Å². The molecule has 2 N–H and O–H groups in total. The molecule has 1 aliphatic heterocycles. The second-order valence-corrected chi connectivity index (χ2v) is 5.35. The van der Waals surface area contributed by atoms with E-state index in [0.717, 1.165) is 5.56 Å². The zero-order valence-corrected chi connectivity index (χ0v) is 13.1. The van der Waals surface area contributed by atoms with Gasteiger partial charge in [0, 0.05) is 12.0 Å². The smallest absolute Gasteiger partial charge is 0.269 e. The number of rotatable bonds is 4. The Morgan fingerprint density at radius 2 is 1.67 bits per heavy atom. The Hall–Kier alpha value is -3.02. The molecule has 6 heteroatoms. The van der Waals surface area contributed by atoms with Gasteiger partial charge in [-0.2, -0.15) is 0 Å². The minimum atomic E-state index is -0.403. The number of benzene rings is 2. The summed E-state index contributed by atoms with van der Waals surface area (Å²) in [4.78, 5) is 23.9. The number of hydrogen-bond donors (Lipinski definition) is 2. The van der Waals surface area contributed by atoms with Crippen molar-refractivity contribution in [3.8, 4) is 11.5 Å². The number of nitrogens with one attached hydrogen (secondary N) is 2. The molecule has 0 aromatic heterocycles. The lowest BCUT2D eigenvalue weighted by Crippen LogP contribution is -2.41. The van der Waals surface area contributed by atoms with E-state index in [-0.39, 0.29) is 5.91 Å². The summed E-state index contributed by atoms with van der Waals surface area (Å²) in [6.45, 7) is 0.949. The Kier molecular flexibility index (Phi) is 4.96. The third kappa shape index (κ3) is 4.04. The van der Waals surface area contributed by atoms with Gasteiger partial charge in [0.1, 0.15) is 13.2 Å². The average Bonchev–Trinajstić information content (AvgIpc) is 2.65. The minimum Gasteiger partial charge on any atom is -0.486 e. The van der Waals surface area contributed by atoms with Crippen LogP contribution in [0.3, 0.4) is 0 Å². The number of ether oxygens (including phenoxy) is 2. The molecule has 2 aromatic rings. The zero-order chi connectivity index (χ0) is 16.8. The first-order valence-corrected chi connectivity index (χ1v) is 7.75. The highest BCUT2D eigenvalue weighted by Crippen LogP contribution is 2.30. The molecule has 3 rings (SSSR count). The van der Waals surface area contributed by atoms with Gasteiger partial charge >= 0.3 is 0 Å². The Morgan fingerprint density at radius 3 is 2.46 bits per heavy atom. The maximum Gasteiger partial charge on any atom is 0.269 e. The van der Waals surface area contributed by atoms with Crippen LogP contribution in [0, 0.1) is 0 Å². The molecule has 0 saturated carbocycles. The lowest BCUT2D eigenvalue weighted by Gasteiger charge is -2.18. The molecule has 124 valence electrons. The molecule has 6 nitrogen and oxygen atoms in total. The van der Waals surface area contributed by atoms with E-state index >= 15 is 0 Å². The fourth-order valence-corrected chi connectivity index (χ4v) is 2.35. The highest BCUT2D eigenvalue weighted by Gasteiger charge is 2.15. The standard InChI is InChI=1S/C18H18N2O4/c21-17(9-6-13-4-2-1-3-5-13)19-20-18(22)14-7-8-15-16(12-14)24-11-10-23-15/h1-5,7-8,12H,6,9-11H2,(H,19,21)(H,20,22). The molecule has 0 saturated heterocycles. The van der Waals surface area contributed by atoms with Gasteiger partial charge in [-0.15, -0.1) is 0 Å². The van der Waals surface area contributed by atoms with Gasteiger partial charge in [0.2, 0.25) is 5.91 Å². The summed E-state index contributed by atoms with van der Waals surface area (Å²) in [5, 5.41) is 0. The van der Waals surface area contributed by atoms with E-state index in [1.54, 1.807) is 18.2 Å². The molecule has 2 aromatic carbocycles. The van der Waals surface area contributed by atoms with E-state index in [0.29, 0.717) is 43.1 Å². The van der Waals surface area contributed by atoms with Gasteiger partial charge < -0.3 is 9.47 Å². The van der Waals surface area contributed by atoms with E-state index in [4.69, 9.17) is 9.47 Å². The lowest BCUT2D eigenvalue weighted by molar-refractivity contribution is -0.121. The van der Waals surface area contributed by atoms with Crippen LogP contribution >= 0.6 is 0 Å². The van der Waals surface area contributed by atoms with Crippen LogP contribution in [0.5, 0.6) is 11.5 Å². The largest absolute Gasteiger partial charge is 0.486 e. The number of amides is 2. The fourth-order valence-electron chi connectivity index (χ4n) is 2.35. The van der Waals surface area contributed by atoms with Crippen molar-refractivity contribution in [2.75, 3.05) is 13.2 Å². The van der Waals surface area contributed by atoms with Crippen molar-refractivity contribution in [2.24, 2.45) is 0 Å². The predicted molar refractivity (Wildman–Crippen MR) is 87.8 cm³/mol. The van der Waals surface area contributed by atoms with Crippen molar-refractivity contribution >= 4 is 11.8 Å². The summed E-state index contributed by atoms with van der Waals surface area (Å²) in [6, 6.07) is 14.6. The van der Waals surface area contributed by atoms with E-state index in [9.17, 15) is 9.59 Å². The molecular formula is C18H18N2O4. The Morgan fingerprint density at radius 1 is 0.917 bits per heavy atom. The van der Waals surface area contributed by atoms with Crippen molar-refractivity contribution in [3.63, 3.8) is 0 Å². The van der Waals surface area contributed by atoms with Crippen molar-refractivity contribution < 1.29 is 19.1 Å². The molecule has 1 aliphatic rings. The quantitative estimate of drug-likeness (QED) is 0.841. The SMILES string of the molecule is O=C(CCc1ccccc1)NNC(=O)c1ccc2c(c1)OCCO2. The molecule has 0 spiro atoms. The fraction of sp³-hybridized carbons (Fsp3) is 0.222. The van der Waals surface area contributed by atoms with Gasteiger partial charge in [-0.05, 0) is 30.2 Å². The first-order chi connectivity index (χ1) is 11.7. The monoisotopic (exact) mass is 326 g/mol. The summed E-state index contributed by atoms with van der Waals surface area (Å²) in [6.07, 6.45) is 0.915. The maximum atomic E-state index is 12.1. The third-order valence-electron chi connectivity index (χ3n) is 3.60. The number of hydrogen-bond acceptors (Lipinski definition) is 4. The van der Waals surface area contributed by atoms with E-state index in [2.05, 4.69) is 10.9 Å². The zero-order valence-electron chi connectivity index (χ0n) is 13.1. The van der Waals surface area contributed by atoms with Crippen molar-refractivity contribution in [2.45, 2.75) is 12.8 Å². The number of fused-ring (bicyclic) bond motifs is 1. The molecule has 1 heterocycles. The Bertz CT molecular complexity index is 731. The molecule has 0 unspecified atom stereocenters. The average molecular weight is 326 g/mol. The Labute approximate surface area is 139 Å². The first-order valence-electron chi connectivity index (χ1n) is 7.75. The second-order valence-electron chi connectivity index (χ2n) is 5.35. The maximum absolute atomic E-state index is 12.1. The number of aryl methyl sites for hydroxylation is 1. The van der Waals surface area contributed by atoms with Crippen LogP contribution in [-0.4, -0.2) is 25.0 Å². The third-order valence-corrected chi connectivity index (χ3v) is 3.60. The van der Waals surface area contributed by atoms with Gasteiger partial charge in [-0.3, -0.25) is 20.4 Å². The van der Waals surface area contributed by atoms with Crippen LogP contribution in [0.1, 0.15) is 22.3 Å². The van der Waals surface area contributed by atoms with Crippen LogP contribution in [0.15, 0.2) is 48.5 Å². The summed E-state index contributed by atoms with van der Waals surface area (Å²) in [7, 11) is 0. The molecular weight excluding hydrogens is 308 g/mol. The van der Waals surface area contributed by atoms with Gasteiger partial charge in [-0.25, -0.2) is 0 Å². The molecule has 0 bridgehead atoms. The van der Waals surface area contributed by atoms with Gasteiger partial charge in [0.05, 0.1) is 0 Å². The summed E-state index contributed by atoms with van der Waals surface area (Å²) < 4.78 is 10.8. The topological polar surface area (TPSA) is 76.7 Å². The van der Waals surface area contributed by atoms with Gasteiger partial charge in [-0.1, -0.05) is 30.3 Å². The van der Waals surface area contributed by atoms with Gasteiger partial charge in [0.25, 0.3) is 5.91 Å². The summed E-state index contributed by atoms with van der Waals surface area (Å²) in [5.41, 5.74) is 6.29. The van der Waals surface area contributed by atoms with Crippen molar-refractivity contribution in [1.82, 2.24) is 10.9 Å². The van der Waals surface area contributed by atoms with Crippen molar-refractivity contribution in [3.05, 3.63) is 59.7 Å². The van der Waals surface area contributed by atoms with Crippen LogP contribution in [-0.2, 0) is 11.2 Å². The molecule has 0 atom stereocenters. The van der Waals surface area contributed by atoms with Crippen molar-refractivity contribution in [1.29, 1.82) is 0 Å². The Balaban J connectivity index is 1.49. The van der Waals surface area contributed by atoms with Crippen LogP contribution in [0.25, 0.3) is 0 Å². The number of carbonyl (C=O) groups is 2. The first kappa shape index (κ1) is 15.9. The highest BCUT2D eigenvalue weighted by atomic mass is 16.6. The van der Waals surface area contributed by atoms with Crippen LogP contribution in [0.2, 0.25) is 0 Å². The second kappa shape index (κ2) is 7.50. The van der Waals surface area contributed by atoms with E-state index in [1.807, 2.05) is 30.3 Å². The predicted octanol–water partition coefficient (Wildman–Crippen LogP) is 1.85. The van der Waals surface area contributed by atoms with E-state index in [1.165, 1.54) is 0 Å². The number of hydrazine groups is 1. The summed E-state index contributed by atoms with van der Waals surface area (Å²) in [5.74, 6) is 0.499. The molecule has 24 heavy (non-hydrogen) atoms.